The third-order valence-electron chi connectivity index (χ3n) is 6.06. The standard InChI is InChI=1S/C24H21F3N4O2S.ClH/c1-22(33)10-23(28,11-22)15-7-5-14(6-8-15)19-17(16-4-2-3-9-29-16)18-20(34-19)30-13-31(21(18)32)12-24(25,26)27;/h2-9,13,33H,10-12,28H2,1H3;1H. The van der Waals surface area contributed by atoms with Crippen molar-refractivity contribution in [2.45, 2.75) is 43.6 Å². The number of fused-ring (bicyclic) bond motifs is 1. The SMILES string of the molecule is CC1(O)CC(N)(c2ccc(-c3sc4ncn(CC(F)(F)F)c(=O)c4c3-c3ccccn3)cc2)C1.Cl. The van der Waals surface area contributed by atoms with Crippen LogP contribution in [-0.4, -0.2) is 31.4 Å². The molecule has 3 N–H and O–H groups in total. The first-order valence-corrected chi connectivity index (χ1v) is 11.4. The Kier molecular flexibility index (Phi) is 6.29. The zero-order valence-electron chi connectivity index (χ0n) is 18.5. The molecular weight excluding hydrogens is 501 g/mol. The van der Waals surface area contributed by atoms with Gasteiger partial charge in [-0.3, -0.25) is 14.3 Å². The molecule has 3 aromatic heterocycles. The molecule has 35 heavy (non-hydrogen) atoms. The van der Waals surface area contributed by atoms with E-state index in [0.29, 0.717) is 38.4 Å². The van der Waals surface area contributed by atoms with Gasteiger partial charge in [0.2, 0.25) is 0 Å². The van der Waals surface area contributed by atoms with E-state index in [2.05, 4.69) is 9.97 Å². The van der Waals surface area contributed by atoms with Crippen LogP contribution >= 0.6 is 23.7 Å². The van der Waals surface area contributed by atoms with Gasteiger partial charge in [-0.25, -0.2) is 4.98 Å². The summed E-state index contributed by atoms with van der Waals surface area (Å²) in [6, 6.07) is 12.7. The Morgan fingerprint density at radius 1 is 1.14 bits per heavy atom. The predicted octanol–water partition coefficient (Wildman–Crippen LogP) is 4.87. The lowest BCUT2D eigenvalue weighted by Gasteiger charge is -2.49. The number of benzene rings is 1. The van der Waals surface area contributed by atoms with Crippen molar-refractivity contribution in [1.82, 2.24) is 14.5 Å². The van der Waals surface area contributed by atoms with Gasteiger partial charge in [0.25, 0.3) is 5.56 Å². The summed E-state index contributed by atoms with van der Waals surface area (Å²) in [5.74, 6) is 0. The van der Waals surface area contributed by atoms with E-state index in [1.165, 1.54) is 11.3 Å². The smallest absolute Gasteiger partial charge is 0.390 e. The molecule has 1 aromatic carbocycles. The van der Waals surface area contributed by atoms with Crippen molar-refractivity contribution >= 4 is 34.0 Å². The molecule has 0 bridgehead atoms. The van der Waals surface area contributed by atoms with E-state index < -0.39 is 29.4 Å². The fourth-order valence-corrected chi connectivity index (χ4v) is 5.90. The molecule has 184 valence electrons. The Morgan fingerprint density at radius 2 is 1.83 bits per heavy atom. The number of hydrogen-bond acceptors (Lipinski definition) is 6. The monoisotopic (exact) mass is 522 g/mol. The maximum atomic E-state index is 13.1. The molecule has 0 radical (unpaired) electrons. The predicted molar refractivity (Wildman–Crippen MR) is 132 cm³/mol. The average Bonchev–Trinajstić information content (AvgIpc) is 3.14. The van der Waals surface area contributed by atoms with Gasteiger partial charge in [0.05, 0.1) is 23.0 Å². The molecule has 1 aliphatic carbocycles. The van der Waals surface area contributed by atoms with Crippen molar-refractivity contribution in [2.24, 2.45) is 5.73 Å². The molecule has 0 atom stereocenters. The van der Waals surface area contributed by atoms with Crippen LogP contribution in [-0.2, 0) is 12.1 Å². The van der Waals surface area contributed by atoms with E-state index >= 15 is 0 Å². The van der Waals surface area contributed by atoms with Gasteiger partial charge >= 0.3 is 6.18 Å². The molecule has 1 saturated carbocycles. The van der Waals surface area contributed by atoms with Gasteiger partial charge in [-0.2, -0.15) is 13.2 Å². The van der Waals surface area contributed by atoms with Gasteiger partial charge in [0, 0.05) is 22.2 Å². The molecular formula is C24H22ClF3N4O2S. The van der Waals surface area contributed by atoms with Crippen LogP contribution in [0, 0.1) is 0 Å². The summed E-state index contributed by atoms with van der Waals surface area (Å²) in [4.78, 5) is 22.6. The Bertz CT molecular complexity index is 1430. The van der Waals surface area contributed by atoms with Crippen LogP contribution in [0.3, 0.4) is 0 Å². The van der Waals surface area contributed by atoms with Crippen LogP contribution < -0.4 is 11.3 Å². The van der Waals surface area contributed by atoms with Gasteiger partial charge < -0.3 is 10.8 Å². The van der Waals surface area contributed by atoms with E-state index in [1.807, 2.05) is 24.3 Å². The van der Waals surface area contributed by atoms with Crippen LogP contribution in [0.4, 0.5) is 13.2 Å². The number of thiophene rings is 1. The van der Waals surface area contributed by atoms with Crippen molar-refractivity contribution in [3.05, 3.63) is 70.9 Å². The second kappa shape index (κ2) is 8.70. The molecule has 0 spiro atoms. The molecule has 4 aromatic rings. The fraction of sp³-hybridized carbons (Fsp3) is 0.292. The van der Waals surface area contributed by atoms with Crippen LogP contribution in [0.2, 0.25) is 0 Å². The quantitative estimate of drug-likeness (QED) is 0.399. The summed E-state index contributed by atoms with van der Waals surface area (Å²) >= 11 is 1.23. The van der Waals surface area contributed by atoms with Crippen molar-refractivity contribution < 1.29 is 18.3 Å². The number of aliphatic hydroxyl groups is 1. The minimum Gasteiger partial charge on any atom is -0.390 e. The molecule has 6 nitrogen and oxygen atoms in total. The van der Waals surface area contributed by atoms with E-state index in [4.69, 9.17) is 5.73 Å². The molecule has 0 aliphatic heterocycles. The molecule has 11 heteroatoms. The zero-order chi connectivity index (χ0) is 24.3. The second-order valence-electron chi connectivity index (χ2n) is 9.08. The number of pyridine rings is 1. The highest BCUT2D eigenvalue weighted by molar-refractivity contribution is 7.22. The van der Waals surface area contributed by atoms with Crippen LogP contribution in [0.25, 0.3) is 31.9 Å². The fourth-order valence-electron chi connectivity index (χ4n) is 4.76. The Morgan fingerprint density at radius 3 is 2.40 bits per heavy atom. The molecule has 0 amide bonds. The van der Waals surface area contributed by atoms with Crippen molar-refractivity contribution in [2.75, 3.05) is 0 Å². The van der Waals surface area contributed by atoms with Gasteiger partial charge in [0.15, 0.2) is 0 Å². The van der Waals surface area contributed by atoms with E-state index in [9.17, 15) is 23.1 Å². The zero-order valence-corrected chi connectivity index (χ0v) is 20.2. The normalized spacial score (nSPS) is 22.0. The topological polar surface area (TPSA) is 94.0 Å². The first-order chi connectivity index (χ1) is 16.0. The lowest BCUT2D eigenvalue weighted by molar-refractivity contribution is -0.141. The van der Waals surface area contributed by atoms with Gasteiger partial charge in [-0.05, 0) is 43.0 Å². The van der Waals surface area contributed by atoms with Gasteiger partial charge in [-0.15, -0.1) is 23.7 Å². The van der Waals surface area contributed by atoms with Crippen LogP contribution in [0.1, 0.15) is 25.3 Å². The lowest BCUT2D eigenvalue weighted by Crippen LogP contribution is -2.58. The highest BCUT2D eigenvalue weighted by atomic mass is 35.5. The van der Waals surface area contributed by atoms with E-state index in [0.717, 1.165) is 17.5 Å². The molecule has 0 unspecified atom stereocenters. The summed E-state index contributed by atoms with van der Waals surface area (Å²) in [5, 5.41) is 10.2. The first-order valence-electron chi connectivity index (χ1n) is 10.6. The minimum absolute atomic E-state index is 0. The Balaban J connectivity index is 0.00000289. The number of hydrogen-bond donors (Lipinski definition) is 2. The highest BCUT2D eigenvalue weighted by Crippen LogP contribution is 2.47. The Labute approximate surface area is 208 Å². The number of aromatic nitrogens is 3. The van der Waals surface area contributed by atoms with Crippen molar-refractivity contribution in [3.63, 3.8) is 0 Å². The number of nitrogens with zero attached hydrogens (tertiary/aromatic N) is 3. The minimum atomic E-state index is -4.55. The summed E-state index contributed by atoms with van der Waals surface area (Å²) in [7, 11) is 0. The largest absolute Gasteiger partial charge is 0.406 e. The summed E-state index contributed by atoms with van der Waals surface area (Å²) in [6.45, 7) is 0.333. The van der Waals surface area contributed by atoms with Gasteiger partial charge in [0.1, 0.15) is 11.4 Å². The van der Waals surface area contributed by atoms with Crippen LogP contribution in [0.5, 0.6) is 0 Å². The molecule has 5 rings (SSSR count). The molecule has 3 heterocycles. The molecule has 1 fully saturated rings. The number of alkyl halides is 3. The second-order valence-corrected chi connectivity index (χ2v) is 10.1. The average molecular weight is 523 g/mol. The first kappa shape index (κ1) is 25.3. The summed E-state index contributed by atoms with van der Waals surface area (Å²) in [5.41, 5.74) is 6.86. The molecule has 1 aliphatic rings. The van der Waals surface area contributed by atoms with E-state index in [1.54, 1.807) is 31.3 Å². The number of halogens is 4. The van der Waals surface area contributed by atoms with Crippen molar-refractivity contribution in [3.8, 4) is 21.7 Å². The van der Waals surface area contributed by atoms with E-state index in [-0.39, 0.29) is 17.8 Å². The molecule has 0 saturated heterocycles. The van der Waals surface area contributed by atoms with Gasteiger partial charge in [-0.1, -0.05) is 30.3 Å². The summed E-state index contributed by atoms with van der Waals surface area (Å²) < 4.78 is 39.6. The lowest BCUT2D eigenvalue weighted by atomic mass is 9.63. The number of nitrogens with two attached hydrogens (primary N) is 1. The highest BCUT2D eigenvalue weighted by Gasteiger charge is 2.49. The maximum absolute atomic E-state index is 13.1. The Hall–Kier alpha value is -2.79. The van der Waals surface area contributed by atoms with Crippen molar-refractivity contribution in [1.29, 1.82) is 0 Å². The third-order valence-corrected chi connectivity index (χ3v) is 7.21. The maximum Gasteiger partial charge on any atom is 0.406 e. The number of rotatable bonds is 4. The summed E-state index contributed by atoms with van der Waals surface area (Å²) in [6.07, 6.45) is -1.15. The van der Waals surface area contributed by atoms with Crippen LogP contribution in [0.15, 0.2) is 59.8 Å². The third kappa shape index (κ3) is 4.71.